The van der Waals surface area contributed by atoms with Crippen LogP contribution in [0.5, 0.6) is 0 Å². The summed E-state index contributed by atoms with van der Waals surface area (Å²) >= 11 is 2.02. The Bertz CT molecular complexity index is 552. The van der Waals surface area contributed by atoms with Gasteiger partial charge in [-0.1, -0.05) is 12.8 Å². The van der Waals surface area contributed by atoms with Crippen molar-refractivity contribution in [2.45, 2.75) is 50.7 Å². The zero-order valence-corrected chi connectivity index (χ0v) is 15.1. The second kappa shape index (κ2) is 7.48. The van der Waals surface area contributed by atoms with Gasteiger partial charge in [-0.2, -0.15) is 11.8 Å². The number of aliphatic hydroxyl groups is 1. The molecule has 3 heterocycles. The Kier molecular flexibility index (Phi) is 5.13. The van der Waals surface area contributed by atoms with Crippen LogP contribution >= 0.6 is 11.8 Å². The lowest BCUT2D eigenvalue weighted by atomic mass is 9.80. The van der Waals surface area contributed by atoms with Gasteiger partial charge in [0.2, 0.25) is 0 Å². The summed E-state index contributed by atoms with van der Waals surface area (Å²) in [6.45, 7) is 3.21. The lowest BCUT2D eigenvalue weighted by molar-refractivity contribution is 0.0565. The van der Waals surface area contributed by atoms with Gasteiger partial charge >= 0.3 is 0 Å². The monoisotopic (exact) mass is 348 g/mol. The van der Waals surface area contributed by atoms with E-state index in [1.807, 2.05) is 11.8 Å². The molecule has 2 saturated heterocycles. The van der Waals surface area contributed by atoms with E-state index in [9.17, 15) is 5.11 Å². The molecule has 24 heavy (non-hydrogen) atoms. The zero-order valence-electron chi connectivity index (χ0n) is 14.3. The molecule has 0 spiro atoms. The average molecular weight is 349 g/mol. The van der Waals surface area contributed by atoms with E-state index in [0.717, 1.165) is 44.1 Å². The summed E-state index contributed by atoms with van der Waals surface area (Å²) in [5.41, 5.74) is 0. The lowest BCUT2D eigenvalue weighted by Crippen LogP contribution is -2.43. The number of rotatable bonds is 3. The van der Waals surface area contributed by atoms with Crippen molar-refractivity contribution in [2.24, 2.45) is 5.92 Å². The normalized spacial score (nSPS) is 31.5. The van der Waals surface area contributed by atoms with Gasteiger partial charge < -0.3 is 14.9 Å². The third kappa shape index (κ3) is 3.36. The van der Waals surface area contributed by atoms with Crippen LogP contribution < -0.4 is 9.80 Å². The van der Waals surface area contributed by atoms with Crippen LogP contribution in [-0.2, 0) is 0 Å². The summed E-state index contributed by atoms with van der Waals surface area (Å²) in [6, 6.07) is 2.61. The topological polar surface area (TPSA) is 52.5 Å². The van der Waals surface area contributed by atoms with Gasteiger partial charge in [0.1, 0.15) is 18.0 Å². The third-order valence-electron chi connectivity index (χ3n) is 5.84. The SMILES string of the molecule is O[C@@H]1CCCC[C@@H]1[C@@H]1CCCN1c1cc(N2CCSCC2)ncn1. The zero-order chi connectivity index (χ0) is 16.4. The van der Waals surface area contributed by atoms with Gasteiger partial charge in [-0.25, -0.2) is 9.97 Å². The molecule has 1 aromatic heterocycles. The minimum atomic E-state index is -0.134. The molecule has 0 bridgehead atoms. The number of hydrogen-bond acceptors (Lipinski definition) is 6. The van der Waals surface area contributed by atoms with E-state index in [2.05, 4.69) is 25.8 Å². The predicted molar refractivity (Wildman–Crippen MR) is 99.9 cm³/mol. The highest BCUT2D eigenvalue weighted by atomic mass is 32.2. The van der Waals surface area contributed by atoms with Gasteiger partial charge in [-0.15, -0.1) is 0 Å². The summed E-state index contributed by atoms with van der Waals surface area (Å²) in [5, 5.41) is 10.5. The maximum atomic E-state index is 10.5. The molecule has 1 aromatic rings. The Hall–Kier alpha value is -1.01. The maximum absolute atomic E-state index is 10.5. The fourth-order valence-corrected chi connectivity index (χ4v) is 5.47. The Balaban J connectivity index is 1.53. The Labute approximate surface area is 148 Å². The molecule has 0 amide bonds. The quantitative estimate of drug-likeness (QED) is 0.906. The Morgan fingerprint density at radius 3 is 2.58 bits per heavy atom. The number of thioether (sulfide) groups is 1. The highest BCUT2D eigenvalue weighted by molar-refractivity contribution is 7.99. The van der Waals surface area contributed by atoms with Gasteiger partial charge in [-0.3, -0.25) is 0 Å². The van der Waals surface area contributed by atoms with E-state index in [-0.39, 0.29) is 6.10 Å². The van der Waals surface area contributed by atoms with Crippen LogP contribution in [0.25, 0.3) is 0 Å². The van der Waals surface area contributed by atoms with Crippen LogP contribution in [0.3, 0.4) is 0 Å². The molecule has 0 aromatic carbocycles. The molecule has 3 fully saturated rings. The van der Waals surface area contributed by atoms with Crippen LogP contribution in [0.2, 0.25) is 0 Å². The summed E-state index contributed by atoms with van der Waals surface area (Å²) in [4.78, 5) is 13.9. The molecule has 1 N–H and O–H groups in total. The van der Waals surface area contributed by atoms with Crippen molar-refractivity contribution in [3.63, 3.8) is 0 Å². The van der Waals surface area contributed by atoms with Crippen LogP contribution in [0.4, 0.5) is 11.6 Å². The van der Waals surface area contributed by atoms with Crippen molar-refractivity contribution in [1.82, 2.24) is 9.97 Å². The standard InChI is InChI=1S/C18H28N4OS/c23-16-6-2-1-4-14(16)15-5-3-7-22(15)18-12-17(19-13-20-18)21-8-10-24-11-9-21/h12-16,23H,1-11H2/t14-,15+,16-/m1/s1. The number of anilines is 2. The van der Waals surface area contributed by atoms with E-state index < -0.39 is 0 Å². The molecule has 4 rings (SSSR count). The molecule has 1 aliphatic carbocycles. The minimum absolute atomic E-state index is 0.134. The van der Waals surface area contributed by atoms with Gasteiger partial charge in [-0.05, 0) is 25.7 Å². The molecule has 132 valence electrons. The first-order chi connectivity index (χ1) is 11.8. The molecule has 6 heteroatoms. The third-order valence-corrected chi connectivity index (χ3v) is 6.79. The smallest absolute Gasteiger partial charge is 0.134 e. The summed E-state index contributed by atoms with van der Waals surface area (Å²) in [7, 11) is 0. The highest BCUT2D eigenvalue weighted by Crippen LogP contribution is 2.37. The van der Waals surface area contributed by atoms with Crippen LogP contribution in [0.1, 0.15) is 38.5 Å². The van der Waals surface area contributed by atoms with Crippen molar-refractivity contribution in [3.05, 3.63) is 12.4 Å². The Morgan fingerprint density at radius 1 is 0.958 bits per heavy atom. The molecule has 3 atom stereocenters. The molecule has 2 aliphatic heterocycles. The molecular weight excluding hydrogens is 320 g/mol. The number of hydrogen-bond donors (Lipinski definition) is 1. The largest absolute Gasteiger partial charge is 0.393 e. The van der Waals surface area contributed by atoms with Crippen molar-refractivity contribution in [3.8, 4) is 0 Å². The second-order valence-electron chi connectivity index (χ2n) is 7.25. The van der Waals surface area contributed by atoms with E-state index in [4.69, 9.17) is 0 Å². The van der Waals surface area contributed by atoms with E-state index in [0.29, 0.717) is 12.0 Å². The first-order valence-corrected chi connectivity index (χ1v) is 10.6. The van der Waals surface area contributed by atoms with Crippen molar-refractivity contribution in [1.29, 1.82) is 0 Å². The van der Waals surface area contributed by atoms with Gasteiger partial charge in [0.05, 0.1) is 6.10 Å². The fourth-order valence-electron chi connectivity index (χ4n) is 4.57. The van der Waals surface area contributed by atoms with Crippen LogP contribution in [0.15, 0.2) is 12.4 Å². The fraction of sp³-hybridized carbons (Fsp3) is 0.778. The first kappa shape index (κ1) is 16.5. The van der Waals surface area contributed by atoms with Crippen LogP contribution in [-0.4, -0.2) is 58.4 Å². The molecule has 3 aliphatic rings. The second-order valence-corrected chi connectivity index (χ2v) is 8.48. The average Bonchev–Trinajstić information content (AvgIpc) is 3.12. The molecule has 1 saturated carbocycles. The highest BCUT2D eigenvalue weighted by Gasteiger charge is 2.37. The predicted octanol–water partition coefficient (Wildman–Crippen LogP) is 2.55. The lowest BCUT2D eigenvalue weighted by Gasteiger charge is -2.38. The number of aromatic nitrogens is 2. The minimum Gasteiger partial charge on any atom is -0.393 e. The van der Waals surface area contributed by atoms with E-state index in [1.54, 1.807) is 6.33 Å². The van der Waals surface area contributed by atoms with E-state index >= 15 is 0 Å². The van der Waals surface area contributed by atoms with Crippen molar-refractivity contribution >= 4 is 23.4 Å². The summed E-state index contributed by atoms with van der Waals surface area (Å²) < 4.78 is 0. The van der Waals surface area contributed by atoms with Gasteiger partial charge in [0.15, 0.2) is 0 Å². The number of nitrogens with zero attached hydrogens (tertiary/aromatic N) is 4. The van der Waals surface area contributed by atoms with Gasteiger partial charge in [0, 0.05) is 49.2 Å². The maximum Gasteiger partial charge on any atom is 0.134 e. The molecule has 0 unspecified atom stereocenters. The van der Waals surface area contributed by atoms with Crippen molar-refractivity contribution in [2.75, 3.05) is 40.9 Å². The molecular formula is C18H28N4OS. The summed E-state index contributed by atoms with van der Waals surface area (Å²) in [5.74, 6) is 4.89. The number of aliphatic hydroxyl groups excluding tert-OH is 1. The van der Waals surface area contributed by atoms with E-state index in [1.165, 1.54) is 37.2 Å². The Morgan fingerprint density at radius 2 is 1.75 bits per heavy atom. The first-order valence-electron chi connectivity index (χ1n) is 9.42. The molecule has 0 radical (unpaired) electrons. The van der Waals surface area contributed by atoms with Crippen LogP contribution in [0, 0.1) is 5.92 Å². The molecule has 5 nitrogen and oxygen atoms in total. The summed E-state index contributed by atoms with van der Waals surface area (Å²) in [6.07, 6.45) is 8.53. The van der Waals surface area contributed by atoms with Gasteiger partial charge in [0.25, 0.3) is 0 Å². The van der Waals surface area contributed by atoms with Crippen molar-refractivity contribution < 1.29 is 5.11 Å².